The molecular formula is C31H33N3O4S. The fourth-order valence-corrected chi connectivity index (χ4v) is 6.68. The molecule has 3 N–H and O–H groups in total. The first-order chi connectivity index (χ1) is 18.6. The van der Waals surface area contributed by atoms with Crippen molar-refractivity contribution in [2.75, 3.05) is 19.5 Å². The van der Waals surface area contributed by atoms with Crippen molar-refractivity contribution < 1.29 is 19.1 Å². The lowest BCUT2D eigenvalue weighted by molar-refractivity contribution is 0.1000. The first-order valence-corrected chi connectivity index (χ1v) is 13.8. The molecule has 0 spiro atoms. The second kappa shape index (κ2) is 10.3. The number of thiophene rings is 1. The molecule has 0 fully saturated rings. The summed E-state index contributed by atoms with van der Waals surface area (Å²) in [6, 6.07) is 14.8. The van der Waals surface area contributed by atoms with E-state index in [2.05, 4.69) is 26.1 Å². The van der Waals surface area contributed by atoms with E-state index >= 15 is 0 Å². The minimum atomic E-state index is -0.511. The van der Waals surface area contributed by atoms with Crippen LogP contribution >= 0.6 is 11.3 Å². The zero-order chi connectivity index (χ0) is 27.9. The number of anilines is 1. The van der Waals surface area contributed by atoms with E-state index in [4.69, 9.17) is 20.2 Å². The maximum atomic E-state index is 13.8. The Hall–Kier alpha value is -3.91. The number of para-hydroxylation sites is 1. The number of nitrogens with two attached hydrogens (primary N) is 1. The third-order valence-corrected chi connectivity index (χ3v) is 8.77. The Morgan fingerprint density at radius 3 is 2.49 bits per heavy atom. The van der Waals surface area contributed by atoms with Crippen LogP contribution in [-0.2, 0) is 12.8 Å². The van der Waals surface area contributed by atoms with E-state index in [1.54, 1.807) is 20.3 Å². The van der Waals surface area contributed by atoms with Gasteiger partial charge in [-0.3, -0.25) is 9.59 Å². The Bertz CT molecular complexity index is 1580. The van der Waals surface area contributed by atoms with Gasteiger partial charge in [-0.15, -0.1) is 11.3 Å². The summed E-state index contributed by atoms with van der Waals surface area (Å²) in [5.41, 5.74) is 9.97. The quantitative estimate of drug-likeness (QED) is 0.290. The van der Waals surface area contributed by atoms with Gasteiger partial charge in [0.15, 0.2) is 11.5 Å². The van der Waals surface area contributed by atoms with Gasteiger partial charge in [-0.25, -0.2) is 4.98 Å². The summed E-state index contributed by atoms with van der Waals surface area (Å²) >= 11 is 1.47. The lowest BCUT2D eigenvalue weighted by Crippen LogP contribution is -2.27. The lowest BCUT2D eigenvalue weighted by Gasteiger charge is -2.33. The molecule has 0 aliphatic heterocycles. The first kappa shape index (κ1) is 26.7. The Morgan fingerprint density at radius 1 is 1.05 bits per heavy atom. The first-order valence-electron chi connectivity index (χ1n) is 13.0. The van der Waals surface area contributed by atoms with Crippen LogP contribution in [0.2, 0.25) is 0 Å². The Kier molecular flexibility index (Phi) is 7.07. The van der Waals surface area contributed by atoms with Crippen molar-refractivity contribution in [3.63, 3.8) is 0 Å². The number of nitrogens with zero attached hydrogens (tertiary/aromatic N) is 1. The molecule has 8 heteroatoms. The van der Waals surface area contributed by atoms with E-state index in [-0.39, 0.29) is 11.3 Å². The number of carbonyl (C=O) groups is 2. The van der Waals surface area contributed by atoms with Crippen molar-refractivity contribution in [1.82, 2.24) is 4.98 Å². The summed E-state index contributed by atoms with van der Waals surface area (Å²) in [6.07, 6.45) is 2.65. The second-order valence-electron chi connectivity index (χ2n) is 11.0. The highest BCUT2D eigenvalue weighted by Crippen LogP contribution is 2.44. The summed E-state index contributed by atoms with van der Waals surface area (Å²) in [5, 5.41) is 4.27. The van der Waals surface area contributed by atoms with Gasteiger partial charge < -0.3 is 20.5 Å². The van der Waals surface area contributed by atoms with Gasteiger partial charge in [0.2, 0.25) is 0 Å². The van der Waals surface area contributed by atoms with Crippen molar-refractivity contribution in [1.29, 1.82) is 0 Å². The van der Waals surface area contributed by atoms with Gasteiger partial charge in [-0.2, -0.15) is 0 Å². The maximum absolute atomic E-state index is 13.8. The number of aromatic nitrogens is 1. The summed E-state index contributed by atoms with van der Waals surface area (Å²) in [5.74, 6) is 0.849. The number of hydrogen-bond acceptors (Lipinski definition) is 6. The number of hydrogen-bond donors (Lipinski definition) is 2. The smallest absolute Gasteiger partial charge is 0.257 e. The molecule has 5 rings (SSSR count). The predicted octanol–water partition coefficient (Wildman–Crippen LogP) is 6.48. The summed E-state index contributed by atoms with van der Waals surface area (Å²) in [7, 11) is 3.16. The highest BCUT2D eigenvalue weighted by Gasteiger charge is 2.33. The van der Waals surface area contributed by atoms with Crippen molar-refractivity contribution in [3.05, 3.63) is 70.1 Å². The minimum absolute atomic E-state index is 0.161. The molecule has 0 saturated heterocycles. The molecule has 0 radical (unpaired) electrons. The molecule has 1 atom stereocenters. The van der Waals surface area contributed by atoms with Crippen LogP contribution < -0.4 is 20.5 Å². The Balaban J connectivity index is 1.55. The molecule has 0 bridgehead atoms. The van der Waals surface area contributed by atoms with E-state index in [1.807, 2.05) is 42.5 Å². The number of nitrogens with one attached hydrogen (secondary N) is 1. The third-order valence-electron chi connectivity index (χ3n) is 7.60. The number of pyridine rings is 1. The largest absolute Gasteiger partial charge is 0.493 e. The molecular weight excluding hydrogens is 510 g/mol. The molecule has 7 nitrogen and oxygen atoms in total. The van der Waals surface area contributed by atoms with Crippen LogP contribution in [0.3, 0.4) is 0 Å². The van der Waals surface area contributed by atoms with Gasteiger partial charge in [0.1, 0.15) is 5.00 Å². The molecule has 202 valence electrons. The normalized spacial score (nSPS) is 15.1. The predicted molar refractivity (Wildman–Crippen MR) is 156 cm³/mol. The van der Waals surface area contributed by atoms with Crippen molar-refractivity contribution >= 4 is 39.1 Å². The standard InChI is InChI=1S/C31H33N3O4S/c1-31(2,3)18-11-12-20-26(15-18)39-30(27(20)28(32)35)34-29(36)21-16-23(33-22-9-7-6-8-19(21)22)17-10-13-24(37-4)25(14-17)38-5/h6-10,13-14,16,18H,11-12,15H2,1-5H3,(H2,32,35)(H,34,36). The van der Waals surface area contributed by atoms with Gasteiger partial charge in [0.25, 0.3) is 11.8 Å². The fourth-order valence-electron chi connectivity index (χ4n) is 5.35. The van der Waals surface area contributed by atoms with E-state index in [0.717, 1.165) is 35.3 Å². The SMILES string of the molecule is COc1ccc(-c2cc(C(=O)Nc3sc4c(c3C(N)=O)CCC(C(C)(C)C)C4)c3ccccc3n2)cc1OC. The maximum Gasteiger partial charge on any atom is 0.257 e. The van der Waals surface area contributed by atoms with Gasteiger partial charge in [0.05, 0.1) is 36.6 Å². The highest BCUT2D eigenvalue weighted by molar-refractivity contribution is 7.17. The molecule has 1 aliphatic rings. The van der Waals surface area contributed by atoms with Gasteiger partial charge in [0, 0.05) is 15.8 Å². The summed E-state index contributed by atoms with van der Waals surface area (Å²) in [6.45, 7) is 6.75. The number of methoxy groups -OCH3 is 2. The van der Waals surface area contributed by atoms with Crippen LogP contribution in [-0.4, -0.2) is 31.0 Å². The average Bonchev–Trinajstić information content (AvgIpc) is 3.28. The number of amides is 2. The summed E-state index contributed by atoms with van der Waals surface area (Å²) in [4.78, 5) is 32.3. The van der Waals surface area contributed by atoms with Gasteiger partial charge in [-0.1, -0.05) is 39.0 Å². The van der Waals surface area contributed by atoms with Crippen LogP contribution in [0.4, 0.5) is 5.00 Å². The number of ether oxygens (including phenoxy) is 2. The molecule has 1 unspecified atom stereocenters. The van der Waals surface area contributed by atoms with E-state index in [9.17, 15) is 9.59 Å². The zero-order valence-corrected chi connectivity index (χ0v) is 23.7. The van der Waals surface area contributed by atoms with Crippen molar-refractivity contribution in [2.24, 2.45) is 17.1 Å². The molecule has 0 saturated carbocycles. The topological polar surface area (TPSA) is 104 Å². The third kappa shape index (κ3) is 5.08. The molecule has 2 aromatic heterocycles. The molecule has 1 aliphatic carbocycles. The number of fused-ring (bicyclic) bond motifs is 2. The lowest BCUT2D eigenvalue weighted by atomic mass is 9.72. The molecule has 4 aromatic rings. The molecule has 2 heterocycles. The summed E-state index contributed by atoms with van der Waals surface area (Å²) < 4.78 is 10.8. The molecule has 2 amide bonds. The average molecular weight is 544 g/mol. The van der Waals surface area contributed by atoms with Crippen molar-refractivity contribution in [3.8, 4) is 22.8 Å². The highest BCUT2D eigenvalue weighted by atomic mass is 32.1. The van der Waals surface area contributed by atoms with Crippen LogP contribution in [0, 0.1) is 11.3 Å². The number of rotatable bonds is 6. The minimum Gasteiger partial charge on any atom is -0.493 e. The monoisotopic (exact) mass is 543 g/mol. The van der Waals surface area contributed by atoms with Crippen molar-refractivity contribution in [2.45, 2.75) is 40.0 Å². The van der Waals surface area contributed by atoms with E-state index in [1.165, 1.54) is 11.3 Å². The Morgan fingerprint density at radius 2 is 1.79 bits per heavy atom. The zero-order valence-electron chi connectivity index (χ0n) is 22.9. The van der Waals surface area contributed by atoms with Gasteiger partial charge in [-0.05, 0) is 66.5 Å². The molecule has 2 aromatic carbocycles. The van der Waals surface area contributed by atoms with Crippen LogP contribution in [0.15, 0.2) is 48.5 Å². The van der Waals surface area contributed by atoms with Crippen LogP contribution in [0.25, 0.3) is 22.2 Å². The van der Waals surface area contributed by atoms with E-state index < -0.39 is 5.91 Å². The number of benzene rings is 2. The van der Waals surface area contributed by atoms with Gasteiger partial charge >= 0.3 is 0 Å². The van der Waals surface area contributed by atoms with Crippen LogP contribution in [0.1, 0.15) is 58.3 Å². The fraction of sp³-hybridized carbons (Fsp3) is 0.323. The Labute approximate surface area is 232 Å². The second-order valence-corrected chi connectivity index (χ2v) is 12.1. The number of carbonyl (C=O) groups excluding carboxylic acids is 2. The van der Waals surface area contributed by atoms with Crippen LogP contribution in [0.5, 0.6) is 11.5 Å². The number of primary amides is 1. The van der Waals surface area contributed by atoms with E-state index in [0.29, 0.717) is 50.1 Å². The molecule has 39 heavy (non-hydrogen) atoms.